The van der Waals surface area contributed by atoms with Crippen molar-refractivity contribution in [2.24, 2.45) is 5.92 Å². The molecule has 1 atom stereocenters. The van der Waals surface area contributed by atoms with Gasteiger partial charge < -0.3 is 15.0 Å². The molecular formula is C12H15N3O2. The number of aliphatic carboxylic acids is 1. The summed E-state index contributed by atoms with van der Waals surface area (Å²) in [4.78, 5) is 19.9. The number of carbonyl (C=O) groups is 1. The van der Waals surface area contributed by atoms with Crippen molar-refractivity contribution >= 4 is 22.7 Å². The number of carboxylic acid groups (broad SMARTS) is 1. The topological polar surface area (TPSA) is 69.2 Å². The molecule has 1 aromatic carbocycles. The number of carboxylic acids is 1. The number of benzene rings is 1. The van der Waals surface area contributed by atoms with Gasteiger partial charge in [-0.05, 0) is 18.2 Å². The fourth-order valence-corrected chi connectivity index (χ4v) is 1.76. The van der Waals surface area contributed by atoms with Crippen LogP contribution < -0.4 is 4.90 Å². The summed E-state index contributed by atoms with van der Waals surface area (Å²) in [5, 5.41) is 8.87. The van der Waals surface area contributed by atoms with E-state index in [1.54, 1.807) is 13.3 Å². The van der Waals surface area contributed by atoms with Gasteiger partial charge in [-0.3, -0.25) is 4.79 Å². The molecule has 0 aliphatic rings. The second kappa shape index (κ2) is 4.45. The lowest BCUT2D eigenvalue weighted by Crippen LogP contribution is -2.28. The van der Waals surface area contributed by atoms with Crippen molar-refractivity contribution in [2.45, 2.75) is 6.92 Å². The normalized spacial score (nSPS) is 12.6. The van der Waals surface area contributed by atoms with Crippen LogP contribution in [0.15, 0.2) is 24.5 Å². The van der Waals surface area contributed by atoms with E-state index in [1.807, 2.05) is 30.1 Å². The van der Waals surface area contributed by atoms with Gasteiger partial charge in [0.05, 0.1) is 23.3 Å². The Kier molecular flexibility index (Phi) is 2.99. The van der Waals surface area contributed by atoms with Gasteiger partial charge in [0.2, 0.25) is 0 Å². The lowest BCUT2D eigenvalue weighted by atomic mass is 10.1. The van der Waals surface area contributed by atoms with E-state index in [0.29, 0.717) is 6.54 Å². The summed E-state index contributed by atoms with van der Waals surface area (Å²) < 4.78 is 0. The standard InChI is InChI=1S/C12H15N3O2/c1-8(12(16)17)6-15(2)9-3-4-10-11(5-9)14-7-13-10/h3-5,7-8H,6H2,1-2H3,(H,13,14)(H,16,17). The van der Waals surface area contributed by atoms with E-state index in [-0.39, 0.29) is 0 Å². The van der Waals surface area contributed by atoms with Gasteiger partial charge in [0.15, 0.2) is 0 Å². The predicted octanol–water partition coefficient (Wildman–Crippen LogP) is 1.72. The Morgan fingerprint density at radius 2 is 2.35 bits per heavy atom. The lowest BCUT2D eigenvalue weighted by molar-refractivity contribution is -0.140. The molecule has 1 aromatic heterocycles. The molecule has 2 N–H and O–H groups in total. The maximum atomic E-state index is 10.8. The van der Waals surface area contributed by atoms with Crippen LogP contribution in [0.5, 0.6) is 0 Å². The molecule has 0 amide bonds. The summed E-state index contributed by atoms with van der Waals surface area (Å²) in [6.45, 7) is 2.18. The summed E-state index contributed by atoms with van der Waals surface area (Å²) in [6, 6.07) is 5.83. The van der Waals surface area contributed by atoms with Crippen molar-refractivity contribution in [3.63, 3.8) is 0 Å². The molecule has 2 aromatic rings. The van der Waals surface area contributed by atoms with Crippen LogP contribution in [0.1, 0.15) is 6.92 Å². The average Bonchev–Trinajstić information content (AvgIpc) is 2.75. The number of aromatic nitrogens is 2. The highest BCUT2D eigenvalue weighted by Gasteiger charge is 2.14. The number of hydrogen-bond donors (Lipinski definition) is 2. The van der Waals surface area contributed by atoms with Gasteiger partial charge in [-0.25, -0.2) is 4.98 Å². The van der Waals surface area contributed by atoms with Crippen molar-refractivity contribution in [1.82, 2.24) is 9.97 Å². The Bertz CT molecular complexity index is 535. The molecule has 90 valence electrons. The monoisotopic (exact) mass is 233 g/mol. The van der Waals surface area contributed by atoms with Crippen LogP contribution in [0.3, 0.4) is 0 Å². The predicted molar refractivity (Wildman–Crippen MR) is 66.2 cm³/mol. The van der Waals surface area contributed by atoms with Crippen LogP contribution in [0.4, 0.5) is 5.69 Å². The number of nitrogens with one attached hydrogen (secondary N) is 1. The number of aromatic amines is 1. The minimum absolute atomic E-state index is 0.391. The first-order chi connectivity index (χ1) is 8.08. The van der Waals surface area contributed by atoms with Gasteiger partial charge in [-0.1, -0.05) is 6.92 Å². The van der Waals surface area contributed by atoms with Crippen LogP contribution >= 0.6 is 0 Å². The zero-order valence-electron chi connectivity index (χ0n) is 9.84. The third-order valence-electron chi connectivity index (χ3n) is 2.81. The second-order valence-corrected chi connectivity index (χ2v) is 4.22. The van der Waals surface area contributed by atoms with Gasteiger partial charge in [-0.15, -0.1) is 0 Å². The fraction of sp³-hybridized carbons (Fsp3) is 0.333. The molecule has 5 heteroatoms. The largest absolute Gasteiger partial charge is 0.481 e. The molecule has 1 heterocycles. The molecule has 0 aliphatic heterocycles. The van der Waals surface area contributed by atoms with Gasteiger partial charge in [-0.2, -0.15) is 0 Å². The van der Waals surface area contributed by atoms with Crippen molar-refractivity contribution in [2.75, 3.05) is 18.5 Å². The Morgan fingerprint density at radius 1 is 1.59 bits per heavy atom. The van der Waals surface area contributed by atoms with Crippen LogP contribution in [-0.2, 0) is 4.79 Å². The smallest absolute Gasteiger partial charge is 0.308 e. The Labute approximate surface area is 99.1 Å². The van der Waals surface area contributed by atoms with Crippen LogP contribution in [0.2, 0.25) is 0 Å². The summed E-state index contributed by atoms with van der Waals surface area (Å²) >= 11 is 0. The zero-order valence-corrected chi connectivity index (χ0v) is 9.84. The van der Waals surface area contributed by atoms with Crippen LogP contribution in [0, 0.1) is 5.92 Å². The Morgan fingerprint density at radius 3 is 3.06 bits per heavy atom. The maximum absolute atomic E-state index is 10.8. The molecule has 0 spiro atoms. The highest BCUT2D eigenvalue weighted by atomic mass is 16.4. The van der Waals surface area contributed by atoms with E-state index in [9.17, 15) is 4.79 Å². The minimum Gasteiger partial charge on any atom is -0.481 e. The van der Waals surface area contributed by atoms with Crippen LogP contribution in [-0.4, -0.2) is 34.6 Å². The molecule has 0 saturated heterocycles. The van der Waals surface area contributed by atoms with Gasteiger partial charge in [0, 0.05) is 19.3 Å². The second-order valence-electron chi connectivity index (χ2n) is 4.22. The van der Waals surface area contributed by atoms with Crippen molar-refractivity contribution < 1.29 is 9.90 Å². The number of anilines is 1. The Balaban J connectivity index is 2.18. The van der Waals surface area contributed by atoms with Crippen molar-refractivity contribution in [3.05, 3.63) is 24.5 Å². The summed E-state index contributed by atoms with van der Waals surface area (Å²) in [5.74, 6) is -1.17. The molecule has 0 aliphatic carbocycles. The highest BCUT2D eigenvalue weighted by molar-refractivity contribution is 5.79. The van der Waals surface area contributed by atoms with E-state index in [2.05, 4.69) is 9.97 Å². The summed E-state index contributed by atoms with van der Waals surface area (Å²) in [5.41, 5.74) is 2.85. The number of imidazole rings is 1. The van der Waals surface area contributed by atoms with Crippen molar-refractivity contribution in [3.8, 4) is 0 Å². The van der Waals surface area contributed by atoms with E-state index in [4.69, 9.17) is 5.11 Å². The van der Waals surface area contributed by atoms with Crippen LogP contribution in [0.25, 0.3) is 11.0 Å². The number of hydrogen-bond acceptors (Lipinski definition) is 3. The van der Waals surface area contributed by atoms with Gasteiger partial charge in [0.1, 0.15) is 0 Å². The number of rotatable bonds is 4. The minimum atomic E-state index is -0.778. The van der Waals surface area contributed by atoms with E-state index >= 15 is 0 Å². The first kappa shape index (κ1) is 11.4. The molecule has 2 rings (SSSR count). The number of nitrogens with zero attached hydrogens (tertiary/aromatic N) is 2. The first-order valence-corrected chi connectivity index (χ1v) is 5.45. The molecular weight excluding hydrogens is 218 g/mol. The molecule has 5 nitrogen and oxygen atoms in total. The highest BCUT2D eigenvalue weighted by Crippen LogP contribution is 2.19. The molecule has 1 unspecified atom stereocenters. The van der Waals surface area contributed by atoms with Crippen molar-refractivity contribution in [1.29, 1.82) is 0 Å². The maximum Gasteiger partial charge on any atom is 0.308 e. The SMILES string of the molecule is CC(CN(C)c1ccc2nc[nH]c2c1)C(=O)O. The molecule has 0 saturated carbocycles. The number of H-pyrrole nitrogens is 1. The Hall–Kier alpha value is -2.04. The lowest BCUT2D eigenvalue weighted by Gasteiger charge is -2.21. The molecule has 0 radical (unpaired) electrons. The molecule has 0 fully saturated rings. The van der Waals surface area contributed by atoms with Gasteiger partial charge >= 0.3 is 5.97 Å². The first-order valence-electron chi connectivity index (χ1n) is 5.45. The third kappa shape index (κ3) is 2.38. The summed E-state index contributed by atoms with van der Waals surface area (Å²) in [6.07, 6.45) is 1.65. The van der Waals surface area contributed by atoms with E-state index in [1.165, 1.54) is 0 Å². The van der Waals surface area contributed by atoms with Gasteiger partial charge in [0.25, 0.3) is 0 Å². The average molecular weight is 233 g/mol. The van der Waals surface area contributed by atoms with E-state index < -0.39 is 11.9 Å². The molecule has 17 heavy (non-hydrogen) atoms. The number of fused-ring (bicyclic) bond motifs is 1. The summed E-state index contributed by atoms with van der Waals surface area (Å²) in [7, 11) is 1.89. The zero-order chi connectivity index (χ0) is 12.4. The molecule has 0 bridgehead atoms. The van der Waals surface area contributed by atoms with E-state index in [0.717, 1.165) is 16.7 Å². The third-order valence-corrected chi connectivity index (χ3v) is 2.81. The quantitative estimate of drug-likeness (QED) is 0.843. The fourth-order valence-electron chi connectivity index (χ4n) is 1.76.